The fraction of sp³-hybridized carbons (Fsp3) is 0.571. The summed E-state index contributed by atoms with van der Waals surface area (Å²) < 4.78 is 18.3. The molecule has 0 aliphatic rings. The number of nitrogen functional groups attached to an aromatic ring is 1. The fourth-order valence-electron chi connectivity index (χ4n) is 1.92. The molecule has 0 aromatic heterocycles. The van der Waals surface area contributed by atoms with Gasteiger partial charge in [0.05, 0.1) is 6.61 Å². The lowest BCUT2D eigenvalue weighted by molar-refractivity contribution is 0.136. The Morgan fingerprint density at radius 1 is 1.39 bits per heavy atom. The second-order valence-corrected chi connectivity index (χ2v) is 4.96. The van der Waals surface area contributed by atoms with Crippen LogP contribution in [0, 0.1) is 11.7 Å². The van der Waals surface area contributed by atoms with Gasteiger partial charge < -0.3 is 10.5 Å². The van der Waals surface area contributed by atoms with Crippen LogP contribution in [0.5, 0.6) is 0 Å². The minimum Gasteiger partial charge on any atom is -0.398 e. The van der Waals surface area contributed by atoms with Gasteiger partial charge in [-0.05, 0) is 29.7 Å². The first-order chi connectivity index (χ1) is 8.52. The van der Waals surface area contributed by atoms with E-state index < -0.39 is 0 Å². The van der Waals surface area contributed by atoms with Gasteiger partial charge in [0.15, 0.2) is 0 Å². The summed E-state index contributed by atoms with van der Waals surface area (Å²) in [5.41, 5.74) is 7.35. The van der Waals surface area contributed by atoms with Gasteiger partial charge in [0.1, 0.15) is 5.82 Å². The SMILES string of the molecule is COCCN(Cc1cc(F)ccc1N)CC(C)C. The summed E-state index contributed by atoms with van der Waals surface area (Å²) in [6, 6.07) is 4.52. The van der Waals surface area contributed by atoms with Crippen LogP contribution in [-0.4, -0.2) is 31.7 Å². The maximum atomic E-state index is 13.2. The van der Waals surface area contributed by atoms with Crippen molar-refractivity contribution in [3.8, 4) is 0 Å². The number of methoxy groups -OCH3 is 1. The summed E-state index contributed by atoms with van der Waals surface area (Å²) in [5.74, 6) is 0.312. The third-order valence-electron chi connectivity index (χ3n) is 2.73. The first-order valence-corrected chi connectivity index (χ1v) is 6.28. The number of hydrogen-bond donors (Lipinski definition) is 1. The number of nitrogens with zero attached hydrogens (tertiary/aromatic N) is 1. The lowest BCUT2D eigenvalue weighted by atomic mass is 10.1. The molecule has 0 unspecified atom stereocenters. The van der Waals surface area contributed by atoms with Crippen molar-refractivity contribution in [2.45, 2.75) is 20.4 Å². The molecule has 0 atom stereocenters. The van der Waals surface area contributed by atoms with Crippen molar-refractivity contribution in [3.05, 3.63) is 29.6 Å². The molecule has 1 aromatic rings. The van der Waals surface area contributed by atoms with E-state index in [0.29, 0.717) is 24.8 Å². The van der Waals surface area contributed by atoms with Gasteiger partial charge in [-0.25, -0.2) is 4.39 Å². The predicted molar refractivity (Wildman–Crippen MR) is 72.8 cm³/mol. The average molecular weight is 254 g/mol. The van der Waals surface area contributed by atoms with Crippen LogP contribution in [0.1, 0.15) is 19.4 Å². The molecule has 0 amide bonds. The third-order valence-corrected chi connectivity index (χ3v) is 2.73. The molecule has 0 aliphatic heterocycles. The standard InChI is InChI=1S/C14H23FN2O/c1-11(2)9-17(6-7-18-3)10-12-8-13(15)4-5-14(12)16/h4-5,8,11H,6-7,9-10,16H2,1-3H3. The summed E-state index contributed by atoms with van der Waals surface area (Å²) >= 11 is 0. The first-order valence-electron chi connectivity index (χ1n) is 6.28. The monoisotopic (exact) mass is 254 g/mol. The molecule has 0 heterocycles. The van der Waals surface area contributed by atoms with Crippen molar-refractivity contribution in [2.24, 2.45) is 5.92 Å². The van der Waals surface area contributed by atoms with Crippen LogP contribution in [0.15, 0.2) is 18.2 Å². The van der Waals surface area contributed by atoms with E-state index in [4.69, 9.17) is 10.5 Å². The number of ether oxygens (including phenoxy) is 1. The number of anilines is 1. The summed E-state index contributed by atoms with van der Waals surface area (Å²) in [5, 5.41) is 0. The molecule has 0 saturated heterocycles. The van der Waals surface area contributed by atoms with Crippen molar-refractivity contribution in [2.75, 3.05) is 32.5 Å². The molecule has 0 fully saturated rings. The van der Waals surface area contributed by atoms with Gasteiger partial charge in [-0.2, -0.15) is 0 Å². The van der Waals surface area contributed by atoms with Gasteiger partial charge in [-0.1, -0.05) is 13.8 Å². The highest BCUT2D eigenvalue weighted by Gasteiger charge is 2.10. The number of halogens is 1. The molecular formula is C14H23FN2O. The molecule has 0 saturated carbocycles. The van der Waals surface area contributed by atoms with Gasteiger partial charge >= 0.3 is 0 Å². The molecule has 0 radical (unpaired) electrons. The van der Waals surface area contributed by atoms with Gasteiger partial charge in [0.2, 0.25) is 0 Å². The number of hydrogen-bond acceptors (Lipinski definition) is 3. The quantitative estimate of drug-likeness (QED) is 0.760. The molecule has 1 rings (SSSR count). The zero-order chi connectivity index (χ0) is 13.5. The van der Waals surface area contributed by atoms with Crippen LogP contribution < -0.4 is 5.73 Å². The molecule has 1 aromatic carbocycles. The molecule has 2 N–H and O–H groups in total. The van der Waals surface area contributed by atoms with E-state index >= 15 is 0 Å². The van der Waals surface area contributed by atoms with E-state index in [0.717, 1.165) is 18.7 Å². The minimum absolute atomic E-state index is 0.240. The highest BCUT2D eigenvalue weighted by molar-refractivity contribution is 5.46. The Balaban J connectivity index is 2.71. The molecule has 102 valence electrons. The van der Waals surface area contributed by atoms with Crippen molar-refractivity contribution in [1.82, 2.24) is 4.90 Å². The highest BCUT2D eigenvalue weighted by atomic mass is 19.1. The summed E-state index contributed by atoms with van der Waals surface area (Å²) in [7, 11) is 1.68. The van der Waals surface area contributed by atoms with Crippen molar-refractivity contribution in [1.29, 1.82) is 0 Å². The number of benzene rings is 1. The maximum Gasteiger partial charge on any atom is 0.123 e. The van der Waals surface area contributed by atoms with E-state index in [2.05, 4.69) is 18.7 Å². The number of rotatable bonds is 7. The van der Waals surface area contributed by atoms with Gasteiger partial charge in [-0.3, -0.25) is 4.90 Å². The summed E-state index contributed by atoms with van der Waals surface area (Å²) in [6.07, 6.45) is 0. The Morgan fingerprint density at radius 3 is 2.72 bits per heavy atom. The van der Waals surface area contributed by atoms with Crippen LogP contribution in [0.2, 0.25) is 0 Å². The van der Waals surface area contributed by atoms with E-state index in [1.54, 1.807) is 13.2 Å². The van der Waals surface area contributed by atoms with Crippen LogP contribution in [0.4, 0.5) is 10.1 Å². The Kier molecular flexibility index (Phi) is 6.09. The summed E-state index contributed by atoms with van der Waals surface area (Å²) in [4.78, 5) is 2.24. The molecule has 0 aliphatic carbocycles. The van der Waals surface area contributed by atoms with Crippen LogP contribution in [-0.2, 0) is 11.3 Å². The fourth-order valence-corrected chi connectivity index (χ4v) is 1.92. The van der Waals surface area contributed by atoms with Crippen molar-refractivity contribution >= 4 is 5.69 Å². The van der Waals surface area contributed by atoms with Crippen LogP contribution >= 0.6 is 0 Å². The van der Waals surface area contributed by atoms with E-state index in [1.165, 1.54) is 12.1 Å². The Labute approximate surface area is 109 Å². The molecule has 0 spiro atoms. The Bertz CT molecular complexity index is 369. The third kappa shape index (κ3) is 5.02. The lowest BCUT2D eigenvalue weighted by Gasteiger charge is -2.24. The summed E-state index contributed by atoms with van der Waals surface area (Å²) in [6.45, 7) is 7.42. The second kappa shape index (κ2) is 7.34. The Hall–Kier alpha value is -1.13. The highest BCUT2D eigenvalue weighted by Crippen LogP contribution is 2.16. The van der Waals surface area contributed by atoms with E-state index in [9.17, 15) is 4.39 Å². The molecule has 3 nitrogen and oxygen atoms in total. The second-order valence-electron chi connectivity index (χ2n) is 4.96. The predicted octanol–water partition coefficient (Wildman–Crippen LogP) is 2.51. The molecule has 18 heavy (non-hydrogen) atoms. The lowest BCUT2D eigenvalue weighted by Crippen LogP contribution is -2.31. The molecule has 0 bridgehead atoms. The topological polar surface area (TPSA) is 38.5 Å². The zero-order valence-electron chi connectivity index (χ0n) is 11.4. The smallest absolute Gasteiger partial charge is 0.123 e. The van der Waals surface area contributed by atoms with Crippen molar-refractivity contribution in [3.63, 3.8) is 0 Å². The van der Waals surface area contributed by atoms with E-state index in [-0.39, 0.29) is 5.82 Å². The maximum absolute atomic E-state index is 13.2. The van der Waals surface area contributed by atoms with Crippen LogP contribution in [0.25, 0.3) is 0 Å². The largest absolute Gasteiger partial charge is 0.398 e. The first kappa shape index (κ1) is 14.9. The zero-order valence-corrected chi connectivity index (χ0v) is 11.4. The van der Waals surface area contributed by atoms with Gasteiger partial charge in [0.25, 0.3) is 0 Å². The van der Waals surface area contributed by atoms with E-state index in [1.807, 2.05) is 0 Å². The van der Waals surface area contributed by atoms with Gasteiger partial charge in [-0.15, -0.1) is 0 Å². The minimum atomic E-state index is -0.240. The average Bonchev–Trinajstić information content (AvgIpc) is 2.30. The van der Waals surface area contributed by atoms with Gasteiger partial charge in [0, 0.05) is 32.4 Å². The number of nitrogens with two attached hydrogens (primary N) is 1. The van der Waals surface area contributed by atoms with Crippen LogP contribution in [0.3, 0.4) is 0 Å². The molecule has 4 heteroatoms. The normalized spacial score (nSPS) is 11.4. The Morgan fingerprint density at radius 2 is 2.11 bits per heavy atom. The van der Waals surface area contributed by atoms with Crippen molar-refractivity contribution < 1.29 is 9.13 Å². The molecular weight excluding hydrogens is 231 g/mol.